The summed E-state index contributed by atoms with van der Waals surface area (Å²) in [5.74, 6) is -0.316. The molecule has 0 saturated carbocycles. The molecule has 0 spiro atoms. The van der Waals surface area contributed by atoms with Crippen LogP contribution in [0.5, 0.6) is 0 Å². The van der Waals surface area contributed by atoms with Crippen LogP contribution in [0, 0.1) is 5.92 Å². The lowest BCUT2D eigenvalue weighted by Gasteiger charge is -2.22. The molecule has 194 valence electrons. The Bertz CT molecular complexity index is 1200. The molecular formula is C28H29F3N4O2. The standard InChI is InChI=1S/C28H29F3N4O2/c29-28(30,31)25-11-5-4-10-24(25)26(36)35-15-6-9-20(14-16-35)17-22-12-13-23(19-32-22)34-27(37)33-18-21-7-2-1-3-8-21/h1-5,7-8,10-13,19-20H,6,9,14-18H2,(H2,33,34,37). The minimum atomic E-state index is -4.57. The molecule has 6 nitrogen and oxygen atoms in total. The highest BCUT2D eigenvalue weighted by molar-refractivity contribution is 5.96. The molecule has 1 fully saturated rings. The fraction of sp³-hybridized carbons (Fsp3) is 0.321. The van der Waals surface area contributed by atoms with Crippen LogP contribution in [0.25, 0.3) is 0 Å². The number of hydrogen-bond acceptors (Lipinski definition) is 3. The fourth-order valence-corrected chi connectivity index (χ4v) is 4.53. The molecule has 0 aliphatic carbocycles. The molecule has 0 bridgehead atoms. The summed E-state index contributed by atoms with van der Waals surface area (Å²) in [5, 5.41) is 5.56. The number of urea groups is 1. The van der Waals surface area contributed by atoms with Gasteiger partial charge in [0.1, 0.15) is 0 Å². The molecule has 1 aliphatic rings. The van der Waals surface area contributed by atoms with E-state index in [-0.39, 0.29) is 17.5 Å². The molecule has 1 saturated heterocycles. The first-order valence-corrected chi connectivity index (χ1v) is 12.3. The number of anilines is 1. The number of carbonyl (C=O) groups excluding carboxylic acids is 2. The summed E-state index contributed by atoms with van der Waals surface area (Å²) in [5.41, 5.74) is 1.25. The predicted octanol–water partition coefficient (Wildman–Crippen LogP) is 5.91. The van der Waals surface area contributed by atoms with Crippen LogP contribution in [0.3, 0.4) is 0 Å². The quantitative estimate of drug-likeness (QED) is 0.433. The van der Waals surface area contributed by atoms with Crippen LogP contribution < -0.4 is 10.6 Å². The average Bonchev–Trinajstić information content (AvgIpc) is 3.14. The van der Waals surface area contributed by atoms with Gasteiger partial charge in [0.2, 0.25) is 0 Å². The Morgan fingerprint density at radius 3 is 2.43 bits per heavy atom. The molecule has 3 aromatic rings. The highest BCUT2D eigenvalue weighted by atomic mass is 19.4. The second-order valence-corrected chi connectivity index (χ2v) is 9.17. The zero-order chi connectivity index (χ0) is 26.3. The maximum absolute atomic E-state index is 13.4. The zero-order valence-corrected chi connectivity index (χ0v) is 20.3. The Balaban J connectivity index is 1.28. The van der Waals surface area contributed by atoms with Crippen molar-refractivity contribution >= 4 is 17.6 Å². The second kappa shape index (κ2) is 11.9. The summed E-state index contributed by atoms with van der Waals surface area (Å²) in [6, 6.07) is 17.9. The Labute approximate surface area is 213 Å². The molecule has 0 radical (unpaired) electrons. The summed E-state index contributed by atoms with van der Waals surface area (Å²) in [6.07, 6.45) is -0.0147. The smallest absolute Gasteiger partial charge is 0.339 e. The predicted molar refractivity (Wildman–Crippen MR) is 135 cm³/mol. The zero-order valence-electron chi connectivity index (χ0n) is 20.3. The lowest BCUT2D eigenvalue weighted by molar-refractivity contribution is -0.138. The van der Waals surface area contributed by atoms with Gasteiger partial charge in [-0.25, -0.2) is 4.79 Å². The molecule has 4 rings (SSSR count). The maximum Gasteiger partial charge on any atom is 0.417 e. The van der Waals surface area contributed by atoms with E-state index in [2.05, 4.69) is 15.6 Å². The van der Waals surface area contributed by atoms with Gasteiger partial charge >= 0.3 is 12.2 Å². The Morgan fingerprint density at radius 2 is 1.70 bits per heavy atom. The van der Waals surface area contributed by atoms with Gasteiger partial charge < -0.3 is 15.5 Å². The lowest BCUT2D eigenvalue weighted by Crippen LogP contribution is -2.33. The van der Waals surface area contributed by atoms with Crippen LogP contribution in [0.2, 0.25) is 0 Å². The van der Waals surface area contributed by atoms with Gasteiger partial charge in [-0.3, -0.25) is 9.78 Å². The van der Waals surface area contributed by atoms with Crippen molar-refractivity contribution < 1.29 is 22.8 Å². The van der Waals surface area contributed by atoms with Crippen LogP contribution in [0.15, 0.2) is 72.9 Å². The van der Waals surface area contributed by atoms with Gasteiger partial charge in [-0.2, -0.15) is 13.2 Å². The van der Waals surface area contributed by atoms with E-state index < -0.39 is 17.6 Å². The van der Waals surface area contributed by atoms with Crippen molar-refractivity contribution in [1.29, 1.82) is 0 Å². The van der Waals surface area contributed by atoms with Crippen molar-refractivity contribution in [2.45, 2.75) is 38.4 Å². The first kappa shape index (κ1) is 26.2. The minimum absolute atomic E-state index is 0.260. The third-order valence-corrected chi connectivity index (χ3v) is 6.47. The number of aromatic nitrogens is 1. The van der Waals surface area contributed by atoms with E-state index in [1.165, 1.54) is 23.1 Å². The normalized spacial score (nSPS) is 16.1. The molecule has 2 heterocycles. The third kappa shape index (κ3) is 7.31. The minimum Gasteiger partial charge on any atom is -0.339 e. The van der Waals surface area contributed by atoms with Gasteiger partial charge in [0.25, 0.3) is 5.91 Å². The summed E-state index contributed by atoms with van der Waals surface area (Å²) in [4.78, 5) is 31.1. The van der Waals surface area contributed by atoms with E-state index in [1.54, 1.807) is 12.3 Å². The molecule has 1 unspecified atom stereocenters. The van der Waals surface area contributed by atoms with E-state index >= 15 is 0 Å². The molecule has 37 heavy (non-hydrogen) atoms. The summed E-state index contributed by atoms with van der Waals surface area (Å²) < 4.78 is 40.1. The number of nitrogens with one attached hydrogen (secondary N) is 2. The van der Waals surface area contributed by atoms with Gasteiger partial charge in [0.15, 0.2) is 0 Å². The summed E-state index contributed by atoms with van der Waals surface area (Å²) >= 11 is 0. The molecule has 1 atom stereocenters. The molecule has 2 aromatic carbocycles. The van der Waals surface area contributed by atoms with Crippen LogP contribution in [0.4, 0.5) is 23.7 Å². The largest absolute Gasteiger partial charge is 0.417 e. The van der Waals surface area contributed by atoms with Crippen molar-refractivity contribution in [3.63, 3.8) is 0 Å². The lowest BCUT2D eigenvalue weighted by atomic mass is 9.95. The number of carbonyl (C=O) groups is 2. The van der Waals surface area contributed by atoms with Crippen molar-refractivity contribution in [3.05, 3.63) is 95.3 Å². The molecule has 1 aliphatic heterocycles. The van der Waals surface area contributed by atoms with E-state index in [0.717, 1.165) is 23.7 Å². The second-order valence-electron chi connectivity index (χ2n) is 9.17. The van der Waals surface area contributed by atoms with Crippen LogP contribution >= 0.6 is 0 Å². The van der Waals surface area contributed by atoms with Gasteiger partial charge in [-0.1, -0.05) is 42.5 Å². The van der Waals surface area contributed by atoms with E-state index in [9.17, 15) is 22.8 Å². The number of alkyl halides is 3. The number of halogens is 3. The molecule has 1 aromatic heterocycles. The summed E-state index contributed by atoms with van der Waals surface area (Å²) in [6.45, 7) is 1.24. The van der Waals surface area contributed by atoms with E-state index in [1.807, 2.05) is 36.4 Å². The molecule has 2 N–H and O–H groups in total. The number of amides is 3. The van der Waals surface area contributed by atoms with Crippen LogP contribution in [-0.4, -0.2) is 34.9 Å². The van der Waals surface area contributed by atoms with Crippen molar-refractivity contribution in [1.82, 2.24) is 15.2 Å². The molecule has 9 heteroatoms. The number of pyridine rings is 1. The number of nitrogens with zero attached hydrogens (tertiary/aromatic N) is 2. The number of likely N-dealkylation sites (tertiary alicyclic amines) is 1. The van der Waals surface area contributed by atoms with Gasteiger partial charge in [-0.15, -0.1) is 0 Å². The summed E-state index contributed by atoms with van der Waals surface area (Å²) in [7, 11) is 0. The van der Waals surface area contributed by atoms with Crippen LogP contribution in [-0.2, 0) is 19.1 Å². The van der Waals surface area contributed by atoms with Crippen LogP contribution in [0.1, 0.15) is 46.4 Å². The Hall–Kier alpha value is -3.88. The van der Waals surface area contributed by atoms with Crippen molar-refractivity contribution in [3.8, 4) is 0 Å². The first-order chi connectivity index (χ1) is 17.8. The highest BCUT2D eigenvalue weighted by Gasteiger charge is 2.36. The number of rotatable bonds is 6. The molecular weight excluding hydrogens is 481 g/mol. The Kier molecular flexibility index (Phi) is 8.43. The fourth-order valence-electron chi connectivity index (χ4n) is 4.53. The Morgan fingerprint density at radius 1 is 0.946 bits per heavy atom. The average molecular weight is 511 g/mol. The maximum atomic E-state index is 13.4. The number of benzene rings is 2. The number of hydrogen-bond donors (Lipinski definition) is 2. The highest BCUT2D eigenvalue weighted by Crippen LogP contribution is 2.33. The van der Waals surface area contributed by atoms with Gasteiger partial charge in [0.05, 0.1) is 23.0 Å². The van der Waals surface area contributed by atoms with Crippen molar-refractivity contribution in [2.24, 2.45) is 5.92 Å². The van der Waals surface area contributed by atoms with Gasteiger partial charge in [0, 0.05) is 25.3 Å². The SMILES string of the molecule is O=C(NCc1ccccc1)Nc1ccc(CC2CCCN(C(=O)c3ccccc3C(F)(F)F)CC2)nc1. The third-order valence-electron chi connectivity index (χ3n) is 6.47. The van der Waals surface area contributed by atoms with Crippen molar-refractivity contribution in [2.75, 3.05) is 18.4 Å². The van der Waals surface area contributed by atoms with Gasteiger partial charge in [-0.05, 0) is 61.4 Å². The topological polar surface area (TPSA) is 74.3 Å². The van der Waals surface area contributed by atoms with E-state index in [4.69, 9.17) is 0 Å². The molecule has 3 amide bonds. The first-order valence-electron chi connectivity index (χ1n) is 12.3. The monoisotopic (exact) mass is 510 g/mol. The van der Waals surface area contributed by atoms with E-state index in [0.29, 0.717) is 44.6 Å².